The maximum atomic E-state index is 14.9. The first kappa shape index (κ1) is 14.3. The van der Waals surface area contributed by atoms with Gasteiger partial charge in [-0.15, -0.1) is 0 Å². The Labute approximate surface area is 130 Å². The van der Waals surface area contributed by atoms with E-state index >= 15 is 0 Å². The summed E-state index contributed by atoms with van der Waals surface area (Å²) in [5.41, 5.74) is 1.15. The molecule has 0 amide bonds. The van der Waals surface area contributed by atoms with Crippen LogP contribution in [0.3, 0.4) is 0 Å². The van der Waals surface area contributed by atoms with Crippen LogP contribution in [0.15, 0.2) is 30.3 Å². The zero-order chi connectivity index (χ0) is 15.5. The molecule has 1 aliphatic heterocycles. The Kier molecular flexibility index (Phi) is 3.12. The van der Waals surface area contributed by atoms with Gasteiger partial charge in [0.25, 0.3) is 0 Å². The summed E-state index contributed by atoms with van der Waals surface area (Å²) >= 11 is 0. The molecule has 6 atom stereocenters. The van der Waals surface area contributed by atoms with Crippen molar-refractivity contribution in [1.29, 1.82) is 0 Å². The van der Waals surface area contributed by atoms with Gasteiger partial charge in [0.2, 0.25) is 0 Å². The summed E-state index contributed by atoms with van der Waals surface area (Å²) in [4.78, 5) is 4.40. The fourth-order valence-electron chi connectivity index (χ4n) is 3.32. The van der Waals surface area contributed by atoms with Crippen LogP contribution < -0.4 is 0 Å². The minimum Gasteiger partial charge on any atom is -0.247 e. The number of nitrogens with zero attached hydrogens (tertiary/aromatic N) is 3. The van der Waals surface area contributed by atoms with Gasteiger partial charge in [-0.1, -0.05) is 46.5 Å². The van der Waals surface area contributed by atoms with Gasteiger partial charge in [-0.3, -0.25) is 0 Å². The first-order valence-corrected chi connectivity index (χ1v) is 8.20. The molecule has 1 aliphatic carbocycles. The summed E-state index contributed by atoms with van der Waals surface area (Å²) in [6.07, 6.45) is 0.0788. The molecule has 116 valence electrons. The molecule has 1 saturated carbocycles. The van der Waals surface area contributed by atoms with Crippen molar-refractivity contribution in [3.63, 3.8) is 0 Å². The summed E-state index contributed by atoms with van der Waals surface area (Å²) < 4.78 is 29.9. The highest BCUT2D eigenvalue weighted by atomic mass is 31.0. The van der Waals surface area contributed by atoms with Crippen LogP contribution in [0.1, 0.15) is 48.9 Å². The summed E-state index contributed by atoms with van der Waals surface area (Å²) in [6, 6.07) is 10.1. The normalized spacial score (nSPS) is 32.5. The summed E-state index contributed by atoms with van der Waals surface area (Å²) in [7, 11) is 2.12. The van der Waals surface area contributed by atoms with E-state index in [1.807, 2.05) is 22.9 Å². The highest BCUT2D eigenvalue weighted by Crippen LogP contribution is 2.54. The Hall–Kier alpha value is -1.35. The Morgan fingerprint density at radius 3 is 2.59 bits per heavy atom. The molecule has 3 nitrogen and oxygen atoms in total. The fraction of sp³-hybridized carbons (Fsp3) is 0.500. The molecule has 1 aromatic carbocycles. The lowest BCUT2D eigenvalue weighted by Gasteiger charge is -2.17. The number of halogens is 2. The van der Waals surface area contributed by atoms with E-state index in [2.05, 4.69) is 38.4 Å². The van der Waals surface area contributed by atoms with E-state index in [4.69, 9.17) is 0 Å². The molecule has 2 aliphatic rings. The number of benzene rings is 1. The standard InChI is InChI=1S/C16H18F2N3P/c1-9-7-13(10-5-3-2-4-6-10)21-14(9)19-15(20-21)16(18,22)11-8-12(11)17/h2-6,9,11-13H,7-8,22H2,1H3/t9?,11?,12-,13?,16?/m1/s1. The maximum absolute atomic E-state index is 14.9. The third kappa shape index (κ3) is 2.10. The third-order valence-electron chi connectivity index (χ3n) is 4.75. The lowest BCUT2D eigenvalue weighted by atomic mass is 10.0. The molecule has 0 saturated heterocycles. The number of hydrogen-bond donors (Lipinski definition) is 0. The topological polar surface area (TPSA) is 30.7 Å². The van der Waals surface area contributed by atoms with Gasteiger partial charge in [-0.25, -0.2) is 18.4 Å². The van der Waals surface area contributed by atoms with E-state index in [1.165, 1.54) is 0 Å². The van der Waals surface area contributed by atoms with Crippen LogP contribution in [-0.4, -0.2) is 20.9 Å². The zero-order valence-electron chi connectivity index (χ0n) is 12.3. The Morgan fingerprint density at radius 2 is 1.95 bits per heavy atom. The lowest BCUT2D eigenvalue weighted by Crippen LogP contribution is -2.19. The average molecular weight is 321 g/mol. The Bertz CT molecular complexity index is 701. The van der Waals surface area contributed by atoms with E-state index in [-0.39, 0.29) is 24.2 Å². The summed E-state index contributed by atoms with van der Waals surface area (Å²) in [6.45, 7) is 2.07. The zero-order valence-corrected chi connectivity index (χ0v) is 13.4. The van der Waals surface area contributed by atoms with Crippen LogP contribution >= 0.6 is 9.24 Å². The minimum atomic E-state index is -1.86. The van der Waals surface area contributed by atoms with E-state index < -0.39 is 17.5 Å². The SMILES string of the molecule is CC1CC(c2ccccc2)n2nc(C(F)(P)C3C[C@H]3F)nc21. The molecule has 1 fully saturated rings. The monoisotopic (exact) mass is 321 g/mol. The fourth-order valence-corrected chi connectivity index (χ4v) is 3.79. The second kappa shape index (κ2) is 4.82. The van der Waals surface area contributed by atoms with Crippen LogP contribution in [0.5, 0.6) is 0 Å². The van der Waals surface area contributed by atoms with E-state index in [1.54, 1.807) is 0 Å². The highest BCUT2D eigenvalue weighted by Gasteiger charge is 2.55. The van der Waals surface area contributed by atoms with Gasteiger partial charge in [0, 0.05) is 11.8 Å². The number of fused-ring (bicyclic) bond motifs is 1. The van der Waals surface area contributed by atoms with Crippen LogP contribution in [0.25, 0.3) is 0 Å². The van der Waals surface area contributed by atoms with Gasteiger partial charge in [-0.2, -0.15) is 5.10 Å². The van der Waals surface area contributed by atoms with E-state index in [0.717, 1.165) is 17.8 Å². The number of aromatic nitrogens is 3. The smallest absolute Gasteiger partial charge is 0.192 e. The van der Waals surface area contributed by atoms with Gasteiger partial charge < -0.3 is 0 Å². The second-order valence-corrected chi connectivity index (χ2v) is 7.27. The van der Waals surface area contributed by atoms with Gasteiger partial charge in [0.05, 0.1) is 6.04 Å². The molecule has 22 heavy (non-hydrogen) atoms. The predicted molar refractivity (Wildman–Crippen MR) is 83.1 cm³/mol. The number of hydrogen-bond acceptors (Lipinski definition) is 2. The first-order valence-electron chi connectivity index (χ1n) is 7.62. The molecular weight excluding hydrogens is 303 g/mol. The molecule has 1 aromatic heterocycles. The van der Waals surface area contributed by atoms with Crippen molar-refractivity contribution in [1.82, 2.24) is 14.8 Å². The average Bonchev–Trinajstić information content (AvgIpc) is 2.97. The van der Waals surface area contributed by atoms with E-state index in [0.29, 0.717) is 0 Å². The molecule has 2 aromatic rings. The van der Waals surface area contributed by atoms with Crippen molar-refractivity contribution in [2.45, 2.75) is 43.3 Å². The van der Waals surface area contributed by atoms with Crippen molar-refractivity contribution < 1.29 is 8.78 Å². The van der Waals surface area contributed by atoms with Gasteiger partial charge >= 0.3 is 0 Å². The molecule has 0 N–H and O–H groups in total. The largest absolute Gasteiger partial charge is 0.247 e. The molecule has 0 bridgehead atoms. The molecular formula is C16H18F2N3P. The minimum absolute atomic E-state index is 0.0774. The molecule has 0 spiro atoms. The first-order chi connectivity index (χ1) is 10.5. The van der Waals surface area contributed by atoms with Crippen molar-refractivity contribution in [2.75, 3.05) is 0 Å². The molecule has 2 heterocycles. The van der Waals surface area contributed by atoms with Crippen molar-refractivity contribution in [2.24, 2.45) is 5.92 Å². The van der Waals surface area contributed by atoms with Crippen molar-refractivity contribution >= 4 is 9.24 Å². The number of rotatable bonds is 3. The second-order valence-electron chi connectivity index (χ2n) is 6.43. The van der Waals surface area contributed by atoms with Crippen LogP contribution in [0, 0.1) is 5.92 Å². The van der Waals surface area contributed by atoms with Gasteiger partial charge in [-0.05, 0) is 18.4 Å². The Balaban J connectivity index is 1.72. The highest BCUT2D eigenvalue weighted by molar-refractivity contribution is 7.18. The van der Waals surface area contributed by atoms with Gasteiger partial charge in [0.15, 0.2) is 11.2 Å². The van der Waals surface area contributed by atoms with Crippen molar-refractivity contribution in [3.05, 3.63) is 47.5 Å². The van der Waals surface area contributed by atoms with Crippen LogP contribution in [0.4, 0.5) is 8.78 Å². The molecule has 5 unspecified atom stereocenters. The quantitative estimate of drug-likeness (QED) is 0.807. The lowest BCUT2D eigenvalue weighted by molar-refractivity contribution is 0.217. The van der Waals surface area contributed by atoms with Crippen LogP contribution in [0.2, 0.25) is 0 Å². The molecule has 6 heteroatoms. The molecule has 4 rings (SSSR count). The van der Waals surface area contributed by atoms with E-state index in [9.17, 15) is 8.78 Å². The molecule has 0 radical (unpaired) electrons. The summed E-state index contributed by atoms with van der Waals surface area (Å²) in [5, 5.41) is 2.55. The maximum Gasteiger partial charge on any atom is 0.192 e. The van der Waals surface area contributed by atoms with Crippen LogP contribution in [-0.2, 0) is 5.41 Å². The number of alkyl halides is 2. The van der Waals surface area contributed by atoms with Gasteiger partial charge in [0.1, 0.15) is 12.0 Å². The Morgan fingerprint density at radius 1 is 1.27 bits per heavy atom. The van der Waals surface area contributed by atoms with Crippen molar-refractivity contribution in [3.8, 4) is 0 Å². The summed E-state index contributed by atoms with van der Waals surface area (Å²) in [5.74, 6) is 0.480. The third-order valence-corrected chi connectivity index (χ3v) is 5.44. The predicted octanol–water partition coefficient (Wildman–Crippen LogP) is 3.73.